The van der Waals surface area contributed by atoms with Crippen molar-refractivity contribution in [1.29, 1.82) is 0 Å². The van der Waals surface area contributed by atoms with E-state index in [1.807, 2.05) is 24.0 Å². The molecule has 4 aliphatic heterocycles. The molecule has 0 saturated carbocycles. The average Bonchev–Trinajstić information content (AvgIpc) is 3.11. The largest absolute Gasteiger partial charge is 0.465 e. The van der Waals surface area contributed by atoms with Crippen LogP contribution in [0.4, 0.5) is 0 Å². The summed E-state index contributed by atoms with van der Waals surface area (Å²) in [6, 6.07) is -0.680. The minimum atomic E-state index is -0.827. The predicted molar refractivity (Wildman–Crippen MR) is 123 cm³/mol. The van der Waals surface area contributed by atoms with Crippen molar-refractivity contribution >= 4 is 29.5 Å². The highest BCUT2D eigenvalue weighted by molar-refractivity contribution is 8.02. The molecule has 7 nitrogen and oxygen atoms in total. The SMILES string of the molecule is CCCCN1CC=C[C@]23S[C@@]4(C)/C=C\CCCOC(=O)[C@H]4[C@H]2C(=O)N(CCCO)C3C1=O. The smallest absolute Gasteiger partial charge is 0.311 e. The number of nitrogens with zero attached hydrogens (tertiary/aromatic N) is 2. The van der Waals surface area contributed by atoms with Gasteiger partial charge in [-0.1, -0.05) is 37.6 Å². The van der Waals surface area contributed by atoms with E-state index in [0.717, 1.165) is 25.7 Å². The minimum absolute atomic E-state index is 0.0582. The molecule has 0 aromatic heterocycles. The van der Waals surface area contributed by atoms with Gasteiger partial charge >= 0.3 is 5.97 Å². The fourth-order valence-corrected chi connectivity index (χ4v) is 7.87. The van der Waals surface area contributed by atoms with E-state index in [9.17, 15) is 19.5 Å². The highest BCUT2D eigenvalue weighted by Crippen LogP contribution is 2.65. The van der Waals surface area contributed by atoms with E-state index < -0.39 is 27.4 Å². The molecule has 32 heavy (non-hydrogen) atoms. The number of aliphatic hydroxyl groups excluding tert-OH is 1. The molecule has 4 rings (SSSR count). The summed E-state index contributed by atoms with van der Waals surface area (Å²) in [7, 11) is 0. The number of aliphatic hydroxyl groups is 1. The van der Waals surface area contributed by atoms with Gasteiger partial charge in [0.25, 0.3) is 0 Å². The fourth-order valence-electron chi connectivity index (χ4n) is 5.71. The topological polar surface area (TPSA) is 87.2 Å². The second-order valence-electron chi connectivity index (χ2n) is 9.36. The number of hydrogen-bond donors (Lipinski definition) is 1. The van der Waals surface area contributed by atoms with Crippen molar-refractivity contribution in [1.82, 2.24) is 9.80 Å². The van der Waals surface area contributed by atoms with Gasteiger partial charge in [0.2, 0.25) is 11.8 Å². The number of cyclic esters (lactones) is 1. The number of ether oxygens (including phenoxy) is 1. The molecule has 0 aromatic carbocycles. The Kier molecular flexibility index (Phi) is 6.73. The minimum Gasteiger partial charge on any atom is -0.465 e. The summed E-state index contributed by atoms with van der Waals surface area (Å²) in [5, 5.41) is 9.43. The van der Waals surface area contributed by atoms with E-state index in [4.69, 9.17) is 4.74 Å². The van der Waals surface area contributed by atoms with Crippen LogP contribution < -0.4 is 0 Å². The molecule has 1 spiro atoms. The van der Waals surface area contributed by atoms with Crippen LogP contribution in [0.1, 0.15) is 46.0 Å². The fraction of sp³-hybridized carbons (Fsp3) is 0.708. The Labute approximate surface area is 194 Å². The number of rotatable bonds is 6. The normalized spacial score (nSPS) is 37.7. The van der Waals surface area contributed by atoms with E-state index in [2.05, 4.69) is 19.1 Å². The number of carbonyl (C=O) groups is 3. The third-order valence-electron chi connectivity index (χ3n) is 7.17. The molecule has 0 aliphatic carbocycles. The highest BCUT2D eigenvalue weighted by atomic mass is 32.2. The van der Waals surface area contributed by atoms with Crippen molar-refractivity contribution < 1.29 is 24.2 Å². The Morgan fingerprint density at radius 1 is 1.12 bits per heavy atom. The van der Waals surface area contributed by atoms with E-state index in [-0.39, 0.29) is 24.4 Å². The molecular formula is C24H34N2O5S. The first-order valence-electron chi connectivity index (χ1n) is 11.8. The Balaban J connectivity index is 1.81. The van der Waals surface area contributed by atoms with Gasteiger partial charge in [0.1, 0.15) is 6.04 Å². The van der Waals surface area contributed by atoms with Crippen molar-refractivity contribution in [3.63, 3.8) is 0 Å². The molecular weight excluding hydrogens is 428 g/mol. The number of likely N-dealkylation sites (tertiary alicyclic amines) is 1. The second kappa shape index (κ2) is 9.21. The molecule has 176 valence electrons. The van der Waals surface area contributed by atoms with Crippen molar-refractivity contribution in [3.05, 3.63) is 24.3 Å². The van der Waals surface area contributed by atoms with E-state index in [0.29, 0.717) is 32.7 Å². The lowest BCUT2D eigenvalue weighted by Crippen LogP contribution is -2.53. The van der Waals surface area contributed by atoms with Crippen LogP contribution in [-0.2, 0) is 19.1 Å². The first-order chi connectivity index (χ1) is 15.4. The molecule has 0 bridgehead atoms. The van der Waals surface area contributed by atoms with Gasteiger partial charge in [-0.2, -0.15) is 0 Å². The van der Waals surface area contributed by atoms with Crippen molar-refractivity contribution in [2.45, 2.75) is 61.5 Å². The van der Waals surface area contributed by atoms with Crippen LogP contribution in [0, 0.1) is 11.8 Å². The number of thioether (sulfide) groups is 1. The summed E-state index contributed by atoms with van der Waals surface area (Å²) in [5.41, 5.74) is 0. The van der Waals surface area contributed by atoms with Gasteiger partial charge in [0.15, 0.2) is 0 Å². The van der Waals surface area contributed by atoms with Crippen molar-refractivity contribution in [2.24, 2.45) is 11.8 Å². The molecule has 2 amide bonds. The Morgan fingerprint density at radius 2 is 1.94 bits per heavy atom. The van der Waals surface area contributed by atoms with Crippen molar-refractivity contribution in [3.8, 4) is 0 Å². The Bertz CT molecular complexity index is 829. The van der Waals surface area contributed by atoms with Gasteiger partial charge in [-0.05, 0) is 32.6 Å². The number of amides is 2. The summed E-state index contributed by atoms with van der Waals surface area (Å²) in [5.74, 6) is -1.90. The number of unbranched alkanes of at least 4 members (excludes halogenated alkanes) is 1. The summed E-state index contributed by atoms with van der Waals surface area (Å²) < 4.78 is 4.14. The zero-order valence-electron chi connectivity index (χ0n) is 19.0. The zero-order chi connectivity index (χ0) is 22.9. The Hall–Kier alpha value is -1.80. The molecule has 0 aromatic rings. The van der Waals surface area contributed by atoms with Crippen molar-refractivity contribution in [2.75, 3.05) is 32.8 Å². The van der Waals surface area contributed by atoms with Crippen LogP contribution in [0.5, 0.6) is 0 Å². The van der Waals surface area contributed by atoms with Crippen LogP contribution in [0.15, 0.2) is 24.3 Å². The standard InChI is InChI=1S/C24H34N2O5S/c1-3-4-12-25-13-8-11-24-17(20(28)26(14-9-15-27)19(24)21(25)29)18-22(30)31-16-7-5-6-10-23(18,2)32-24/h6,8,10-11,17-19,27H,3-5,7,9,12-16H2,1-2H3/b10-6-/t17-,18+,19?,23-,24-/m0/s1. The molecule has 5 atom stereocenters. The van der Waals surface area contributed by atoms with Crippen LogP contribution in [0.2, 0.25) is 0 Å². The lowest BCUT2D eigenvalue weighted by atomic mass is 9.74. The van der Waals surface area contributed by atoms with Crippen LogP contribution in [0.25, 0.3) is 0 Å². The first-order valence-corrected chi connectivity index (χ1v) is 12.6. The van der Waals surface area contributed by atoms with Crippen LogP contribution >= 0.6 is 11.8 Å². The van der Waals surface area contributed by atoms with Gasteiger partial charge in [0, 0.05) is 31.0 Å². The average molecular weight is 463 g/mol. The molecule has 1 unspecified atom stereocenters. The third-order valence-corrected chi connectivity index (χ3v) is 8.97. The van der Waals surface area contributed by atoms with Crippen LogP contribution in [0.3, 0.4) is 0 Å². The van der Waals surface area contributed by atoms with E-state index >= 15 is 0 Å². The molecule has 4 aliphatic rings. The molecule has 0 radical (unpaired) electrons. The second-order valence-corrected chi connectivity index (χ2v) is 11.1. The number of hydrogen-bond acceptors (Lipinski definition) is 6. The lowest BCUT2D eigenvalue weighted by Gasteiger charge is -2.36. The van der Waals surface area contributed by atoms with E-state index in [1.165, 1.54) is 0 Å². The van der Waals surface area contributed by atoms with Gasteiger partial charge in [-0.15, -0.1) is 11.8 Å². The summed E-state index contributed by atoms with van der Waals surface area (Å²) in [4.78, 5) is 44.4. The van der Waals surface area contributed by atoms with Crippen LogP contribution in [-0.4, -0.2) is 81.1 Å². The maximum Gasteiger partial charge on any atom is 0.311 e. The summed E-state index contributed by atoms with van der Waals surface area (Å²) >= 11 is 1.57. The van der Waals surface area contributed by atoms with Gasteiger partial charge < -0.3 is 19.6 Å². The zero-order valence-corrected chi connectivity index (χ0v) is 19.8. The number of allylic oxidation sites excluding steroid dienone is 1. The molecule has 1 N–H and O–H groups in total. The number of esters is 1. The molecule has 4 heterocycles. The summed E-state index contributed by atoms with van der Waals surface area (Å²) in [6.45, 7) is 5.82. The highest BCUT2D eigenvalue weighted by Gasteiger charge is 2.73. The predicted octanol–water partition coefficient (Wildman–Crippen LogP) is 2.15. The maximum atomic E-state index is 13.9. The van der Waals surface area contributed by atoms with E-state index in [1.54, 1.807) is 16.7 Å². The van der Waals surface area contributed by atoms with Gasteiger partial charge in [0.05, 0.1) is 23.2 Å². The Morgan fingerprint density at radius 3 is 2.69 bits per heavy atom. The molecule has 2 saturated heterocycles. The monoisotopic (exact) mass is 462 g/mol. The number of carbonyl (C=O) groups excluding carboxylic acids is 3. The lowest BCUT2D eigenvalue weighted by molar-refractivity contribution is -0.154. The maximum absolute atomic E-state index is 13.9. The van der Waals surface area contributed by atoms with Gasteiger partial charge in [-0.25, -0.2) is 0 Å². The molecule has 8 heteroatoms. The third kappa shape index (κ3) is 3.69. The first kappa shape index (κ1) is 23.4. The number of fused-ring (bicyclic) bond motifs is 2. The van der Waals surface area contributed by atoms with Gasteiger partial charge in [-0.3, -0.25) is 14.4 Å². The molecule has 2 fully saturated rings. The summed E-state index contributed by atoms with van der Waals surface area (Å²) in [6.07, 6.45) is 12.0. The quantitative estimate of drug-likeness (QED) is 0.481.